The Morgan fingerprint density at radius 1 is 1.53 bits per heavy atom. The molecule has 17 heavy (non-hydrogen) atoms. The summed E-state index contributed by atoms with van der Waals surface area (Å²) in [6, 6.07) is 6.42. The van der Waals surface area contributed by atoms with Crippen molar-refractivity contribution in [3.8, 4) is 0 Å². The normalized spacial score (nSPS) is 20.6. The van der Waals surface area contributed by atoms with E-state index in [1.807, 2.05) is 12.1 Å². The predicted molar refractivity (Wildman–Crippen MR) is 71.8 cm³/mol. The smallest absolute Gasteiger partial charge is 0.0671 e. The minimum Gasteiger partial charge on any atom is -0.377 e. The molecule has 1 unspecified atom stereocenters. The van der Waals surface area contributed by atoms with E-state index in [1.54, 1.807) is 0 Å². The Bertz CT molecular complexity index is 382. The molecule has 1 heterocycles. The topological polar surface area (TPSA) is 38.5 Å². The molecule has 0 aliphatic carbocycles. The fraction of sp³-hybridized carbons (Fsp3) is 0.538. The third-order valence-corrected chi connectivity index (χ3v) is 3.69. The maximum atomic E-state index is 6.18. The van der Waals surface area contributed by atoms with E-state index in [9.17, 15) is 0 Å². The van der Waals surface area contributed by atoms with Crippen molar-refractivity contribution in [3.05, 3.63) is 28.8 Å². The lowest BCUT2D eigenvalue weighted by molar-refractivity contribution is 0.0922. The first kappa shape index (κ1) is 12.7. The number of benzene rings is 1. The highest BCUT2D eigenvalue weighted by Crippen LogP contribution is 2.29. The fourth-order valence-electron chi connectivity index (χ4n) is 2.31. The van der Waals surface area contributed by atoms with Gasteiger partial charge >= 0.3 is 0 Å². The molecule has 0 saturated carbocycles. The standard InChI is InChI=1S/C13H19ClN2O/c1-10-12(14)3-2-4-13(10)16-7-8-17-9-11(16)5-6-15/h2-4,11H,5-9,15H2,1H3. The average Bonchev–Trinajstić information content (AvgIpc) is 2.34. The van der Waals surface area contributed by atoms with Gasteiger partial charge < -0.3 is 15.4 Å². The Hall–Kier alpha value is -0.770. The zero-order valence-electron chi connectivity index (χ0n) is 10.2. The van der Waals surface area contributed by atoms with Crippen LogP contribution in [0.1, 0.15) is 12.0 Å². The molecule has 1 atom stereocenters. The molecule has 4 heteroatoms. The van der Waals surface area contributed by atoms with Crippen molar-refractivity contribution < 1.29 is 4.74 Å². The molecule has 0 bridgehead atoms. The van der Waals surface area contributed by atoms with E-state index in [0.717, 1.165) is 36.8 Å². The number of hydrogen-bond donors (Lipinski definition) is 1. The molecule has 0 amide bonds. The average molecular weight is 255 g/mol. The first-order valence-electron chi connectivity index (χ1n) is 6.03. The van der Waals surface area contributed by atoms with Gasteiger partial charge in [-0.3, -0.25) is 0 Å². The van der Waals surface area contributed by atoms with Gasteiger partial charge in [-0.1, -0.05) is 17.7 Å². The summed E-state index contributed by atoms with van der Waals surface area (Å²) in [6.07, 6.45) is 0.950. The summed E-state index contributed by atoms with van der Waals surface area (Å²) in [4.78, 5) is 2.37. The Kier molecular flexibility index (Phi) is 4.26. The minimum atomic E-state index is 0.367. The van der Waals surface area contributed by atoms with Gasteiger partial charge in [0, 0.05) is 17.3 Å². The predicted octanol–water partition coefficient (Wildman–Crippen LogP) is 2.20. The van der Waals surface area contributed by atoms with Gasteiger partial charge in [-0.2, -0.15) is 0 Å². The third-order valence-electron chi connectivity index (χ3n) is 3.28. The molecule has 2 rings (SSSR count). The summed E-state index contributed by atoms with van der Waals surface area (Å²) < 4.78 is 5.53. The number of ether oxygens (including phenoxy) is 1. The molecule has 1 aromatic rings. The number of nitrogens with two attached hydrogens (primary N) is 1. The first-order chi connectivity index (χ1) is 8.24. The van der Waals surface area contributed by atoms with E-state index in [0.29, 0.717) is 12.6 Å². The number of halogens is 1. The van der Waals surface area contributed by atoms with E-state index in [2.05, 4.69) is 17.9 Å². The largest absolute Gasteiger partial charge is 0.377 e. The van der Waals surface area contributed by atoms with Crippen LogP contribution in [-0.4, -0.2) is 32.3 Å². The third kappa shape index (κ3) is 2.73. The summed E-state index contributed by atoms with van der Waals surface area (Å²) in [6.45, 7) is 5.18. The Morgan fingerprint density at radius 3 is 3.12 bits per heavy atom. The van der Waals surface area contributed by atoms with Crippen molar-refractivity contribution >= 4 is 17.3 Å². The van der Waals surface area contributed by atoms with Crippen LogP contribution in [0, 0.1) is 6.92 Å². The number of nitrogens with zero attached hydrogens (tertiary/aromatic N) is 1. The maximum Gasteiger partial charge on any atom is 0.0671 e. The second-order valence-electron chi connectivity index (χ2n) is 4.38. The zero-order valence-corrected chi connectivity index (χ0v) is 10.9. The van der Waals surface area contributed by atoms with E-state index >= 15 is 0 Å². The molecule has 0 radical (unpaired) electrons. The SMILES string of the molecule is Cc1c(Cl)cccc1N1CCOCC1CCN. The Labute approximate surface area is 107 Å². The molecule has 1 aromatic carbocycles. The van der Waals surface area contributed by atoms with Crippen LogP contribution < -0.4 is 10.6 Å². The van der Waals surface area contributed by atoms with Gasteiger partial charge in [0.2, 0.25) is 0 Å². The van der Waals surface area contributed by atoms with Gasteiger partial charge in [0.1, 0.15) is 0 Å². The van der Waals surface area contributed by atoms with Crippen LogP contribution >= 0.6 is 11.6 Å². The monoisotopic (exact) mass is 254 g/mol. The molecule has 1 saturated heterocycles. The van der Waals surface area contributed by atoms with E-state index in [1.165, 1.54) is 5.69 Å². The molecule has 1 aliphatic rings. The number of hydrogen-bond acceptors (Lipinski definition) is 3. The number of rotatable bonds is 3. The molecular weight excluding hydrogens is 236 g/mol. The molecule has 0 spiro atoms. The van der Waals surface area contributed by atoms with Crippen molar-refractivity contribution in [3.63, 3.8) is 0 Å². The highest BCUT2D eigenvalue weighted by atomic mass is 35.5. The van der Waals surface area contributed by atoms with Crippen molar-refractivity contribution in [1.82, 2.24) is 0 Å². The summed E-state index contributed by atoms with van der Waals surface area (Å²) in [7, 11) is 0. The van der Waals surface area contributed by atoms with Gasteiger partial charge in [-0.05, 0) is 37.6 Å². The van der Waals surface area contributed by atoms with E-state index < -0.39 is 0 Å². The summed E-state index contributed by atoms with van der Waals surface area (Å²) in [5, 5.41) is 0.820. The Balaban J connectivity index is 2.26. The molecule has 94 valence electrons. The molecule has 3 nitrogen and oxygen atoms in total. The highest BCUT2D eigenvalue weighted by Gasteiger charge is 2.23. The number of anilines is 1. The van der Waals surface area contributed by atoms with Crippen LogP contribution in [0.4, 0.5) is 5.69 Å². The van der Waals surface area contributed by atoms with Crippen molar-refractivity contribution in [2.24, 2.45) is 5.73 Å². The van der Waals surface area contributed by atoms with Crippen molar-refractivity contribution in [2.45, 2.75) is 19.4 Å². The van der Waals surface area contributed by atoms with Crippen molar-refractivity contribution in [1.29, 1.82) is 0 Å². The molecule has 2 N–H and O–H groups in total. The highest BCUT2D eigenvalue weighted by molar-refractivity contribution is 6.31. The van der Waals surface area contributed by atoms with Crippen LogP contribution in [0.25, 0.3) is 0 Å². The van der Waals surface area contributed by atoms with Crippen LogP contribution in [0.2, 0.25) is 5.02 Å². The molecule has 1 aliphatic heterocycles. The van der Waals surface area contributed by atoms with Crippen LogP contribution in [0.5, 0.6) is 0 Å². The maximum absolute atomic E-state index is 6.18. The van der Waals surface area contributed by atoms with Gasteiger partial charge in [0.25, 0.3) is 0 Å². The quantitative estimate of drug-likeness (QED) is 0.899. The van der Waals surface area contributed by atoms with Crippen LogP contribution in [-0.2, 0) is 4.74 Å². The van der Waals surface area contributed by atoms with Gasteiger partial charge in [-0.15, -0.1) is 0 Å². The van der Waals surface area contributed by atoms with Crippen LogP contribution in [0.3, 0.4) is 0 Å². The second kappa shape index (κ2) is 5.71. The first-order valence-corrected chi connectivity index (χ1v) is 6.41. The van der Waals surface area contributed by atoms with Gasteiger partial charge in [0.15, 0.2) is 0 Å². The van der Waals surface area contributed by atoms with Crippen molar-refractivity contribution in [2.75, 3.05) is 31.2 Å². The molecule has 1 fully saturated rings. The number of morpholine rings is 1. The summed E-state index contributed by atoms with van der Waals surface area (Å²) in [5.41, 5.74) is 8.00. The Morgan fingerprint density at radius 2 is 2.35 bits per heavy atom. The lowest BCUT2D eigenvalue weighted by atomic mass is 10.1. The second-order valence-corrected chi connectivity index (χ2v) is 4.79. The van der Waals surface area contributed by atoms with Crippen LogP contribution in [0.15, 0.2) is 18.2 Å². The van der Waals surface area contributed by atoms with E-state index in [4.69, 9.17) is 22.1 Å². The molecular formula is C13H19ClN2O. The summed E-state index contributed by atoms with van der Waals surface area (Å²) >= 11 is 6.18. The van der Waals surface area contributed by atoms with Gasteiger partial charge in [-0.25, -0.2) is 0 Å². The minimum absolute atomic E-state index is 0.367. The lowest BCUT2D eigenvalue weighted by Crippen LogP contribution is -2.46. The zero-order chi connectivity index (χ0) is 12.3. The van der Waals surface area contributed by atoms with E-state index in [-0.39, 0.29) is 0 Å². The summed E-state index contributed by atoms with van der Waals surface area (Å²) in [5.74, 6) is 0. The fourth-order valence-corrected chi connectivity index (χ4v) is 2.48. The lowest BCUT2D eigenvalue weighted by Gasteiger charge is -2.38. The molecule has 0 aromatic heterocycles. The van der Waals surface area contributed by atoms with Gasteiger partial charge in [0.05, 0.1) is 19.3 Å².